The molecule has 0 amide bonds. The summed E-state index contributed by atoms with van der Waals surface area (Å²) in [7, 11) is 0. The van der Waals surface area contributed by atoms with Crippen molar-refractivity contribution in [2.24, 2.45) is 0 Å². The molecule has 76 valence electrons. The maximum absolute atomic E-state index is 5.67. The maximum atomic E-state index is 5.67. The molecule has 0 aromatic heterocycles. The molecule has 1 aliphatic heterocycles. The highest BCUT2D eigenvalue weighted by Crippen LogP contribution is 2.50. The van der Waals surface area contributed by atoms with E-state index in [9.17, 15) is 0 Å². The number of hydrogen-bond donors (Lipinski definition) is 0. The molecule has 1 aliphatic rings. The predicted molar refractivity (Wildman–Crippen MR) is 58.6 cm³/mol. The first-order chi connectivity index (χ1) is 6.43. The minimum atomic E-state index is 0.0481. The summed E-state index contributed by atoms with van der Waals surface area (Å²) in [5.41, 5.74) is 5.56. The molecular formula is C13H18O. The molecule has 1 saturated heterocycles. The van der Waals surface area contributed by atoms with Gasteiger partial charge in [0.15, 0.2) is 0 Å². The topological polar surface area (TPSA) is 12.5 Å². The number of aryl methyl sites for hydroxylation is 1. The van der Waals surface area contributed by atoms with Gasteiger partial charge < -0.3 is 4.74 Å². The van der Waals surface area contributed by atoms with Crippen LogP contribution in [-0.2, 0) is 4.74 Å². The Bertz CT molecular complexity index is 377. The van der Waals surface area contributed by atoms with E-state index in [1.165, 1.54) is 22.3 Å². The van der Waals surface area contributed by atoms with Crippen molar-refractivity contribution in [1.82, 2.24) is 0 Å². The van der Waals surface area contributed by atoms with Gasteiger partial charge in [0.1, 0.15) is 6.10 Å². The van der Waals surface area contributed by atoms with E-state index >= 15 is 0 Å². The molecule has 1 heterocycles. The van der Waals surface area contributed by atoms with Gasteiger partial charge in [0.25, 0.3) is 0 Å². The second-order valence-electron chi connectivity index (χ2n) is 4.82. The van der Waals surface area contributed by atoms with Gasteiger partial charge >= 0.3 is 0 Å². The molecule has 1 atom stereocenters. The SMILES string of the molecule is Cc1ccc(C2OC2(C)C)c(C)c1C. The quantitative estimate of drug-likeness (QED) is 0.618. The highest BCUT2D eigenvalue weighted by atomic mass is 16.6. The third-order valence-electron chi connectivity index (χ3n) is 3.38. The van der Waals surface area contributed by atoms with Crippen LogP contribution in [0.1, 0.15) is 42.2 Å². The van der Waals surface area contributed by atoms with E-state index < -0.39 is 0 Å². The minimum Gasteiger partial charge on any atom is -0.362 e. The minimum absolute atomic E-state index is 0.0481. The Labute approximate surface area is 86.1 Å². The number of hydrogen-bond acceptors (Lipinski definition) is 1. The fraction of sp³-hybridized carbons (Fsp3) is 0.538. The lowest BCUT2D eigenvalue weighted by Crippen LogP contribution is -2.00. The Morgan fingerprint density at radius 2 is 1.64 bits per heavy atom. The molecule has 1 nitrogen and oxygen atoms in total. The van der Waals surface area contributed by atoms with Crippen LogP contribution in [0.5, 0.6) is 0 Å². The predicted octanol–water partition coefficient (Wildman–Crippen LogP) is 3.46. The van der Waals surface area contributed by atoms with Crippen LogP contribution >= 0.6 is 0 Å². The molecule has 0 bridgehead atoms. The summed E-state index contributed by atoms with van der Waals surface area (Å²) >= 11 is 0. The molecule has 1 aromatic rings. The fourth-order valence-electron chi connectivity index (χ4n) is 1.97. The van der Waals surface area contributed by atoms with Crippen LogP contribution in [0.3, 0.4) is 0 Å². The number of epoxide rings is 1. The van der Waals surface area contributed by atoms with Crippen molar-refractivity contribution >= 4 is 0 Å². The van der Waals surface area contributed by atoms with Crippen LogP contribution in [0, 0.1) is 20.8 Å². The molecule has 0 saturated carbocycles. The molecule has 0 spiro atoms. The third kappa shape index (κ3) is 1.36. The monoisotopic (exact) mass is 190 g/mol. The Balaban J connectivity index is 2.42. The van der Waals surface area contributed by atoms with E-state index in [4.69, 9.17) is 4.74 Å². The lowest BCUT2D eigenvalue weighted by molar-refractivity contribution is 0.325. The molecule has 14 heavy (non-hydrogen) atoms. The van der Waals surface area contributed by atoms with Crippen molar-refractivity contribution in [1.29, 1.82) is 0 Å². The summed E-state index contributed by atoms with van der Waals surface area (Å²) in [5, 5.41) is 0. The van der Waals surface area contributed by atoms with Gasteiger partial charge in [0.2, 0.25) is 0 Å². The average molecular weight is 190 g/mol. The van der Waals surface area contributed by atoms with E-state index in [-0.39, 0.29) is 5.60 Å². The second-order valence-corrected chi connectivity index (χ2v) is 4.82. The Morgan fingerprint density at radius 1 is 1.07 bits per heavy atom. The lowest BCUT2D eigenvalue weighted by atomic mass is 9.93. The molecule has 1 aromatic carbocycles. The molecule has 1 fully saturated rings. The van der Waals surface area contributed by atoms with Gasteiger partial charge in [-0.1, -0.05) is 12.1 Å². The summed E-state index contributed by atoms with van der Waals surface area (Å²) in [6.45, 7) is 10.8. The van der Waals surface area contributed by atoms with Gasteiger partial charge in [-0.15, -0.1) is 0 Å². The standard InChI is InChI=1S/C13H18O/c1-8-6-7-11(10(3)9(8)2)12-13(4,5)14-12/h6-7,12H,1-5H3. The van der Waals surface area contributed by atoms with Gasteiger partial charge in [0, 0.05) is 0 Å². The van der Waals surface area contributed by atoms with E-state index in [1.54, 1.807) is 0 Å². The maximum Gasteiger partial charge on any atom is 0.112 e. The van der Waals surface area contributed by atoms with Crippen LogP contribution in [0.15, 0.2) is 12.1 Å². The molecule has 2 rings (SSSR count). The zero-order chi connectivity index (χ0) is 10.5. The van der Waals surface area contributed by atoms with Crippen LogP contribution in [0.4, 0.5) is 0 Å². The molecule has 1 unspecified atom stereocenters. The Kier molecular flexibility index (Phi) is 1.97. The largest absolute Gasteiger partial charge is 0.362 e. The fourth-order valence-corrected chi connectivity index (χ4v) is 1.97. The highest BCUT2D eigenvalue weighted by Gasteiger charge is 2.49. The van der Waals surface area contributed by atoms with Crippen LogP contribution in [0.2, 0.25) is 0 Å². The van der Waals surface area contributed by atoms with Crippen molar-refractivity contribution in [3.8, 4) is 0 Å². The van der Waals surface area contributed by atoms with Gasteiger partial charge in [-0.3, -0.25) is 0 Å². The summed E-state index contributed by atoms with van der Waals surface area (Å²) in [5.74, 6) is 0. The average Bonchev–Trinajstić information content (AvgIpc) is 2.71. The van der Waals surface area contributed by atoms with Crippen molar-refractivity contribution in [3.05, 3.63) is 34.4 Å². The molecular weight excluding hydrogens is 172 g/mol. The first-order valence-electron chi connectivity index (χ1n) is 5.18. The van der Waals surface area contributed by atoms with E-state index in [1.807, 2.05) is 0 Å². The van der Waals surface area contributed by atoms with Gasteiger partial charge in [-0.2, -0.15) is 0 Å². The highest BCUT2D eigenvalue weighted by molar-refractivity contribution is 5.42. The normalized spacial score (nSPS) is 23.6. The van der Waals surface area contributed by atoms with Crippen LogP contribution in [0.25, 0.3) is 0 Å². The second kappa shape index (κ2) is 2.83. The Morgan fingerprint density at radius 3 is 2.14 bits per heavy atom. The molecule has 0 aliphatic carbocycles. The zero-order valence-electron chi connectivity index (χ0n) is 9.64. The number of ether oxygens (including phenoxy) is 1. The first kappa shape index (κ1) is 9.72. The number of rotatable bonds is 1. The van der Waals surface area contributed by atoms with Gasteiger partial charge in [-0.25, -0.2) is 0 Å². The summed E-state index contributed by atoms with van der Waals surface area (Å²) in [4.78, 5) is 0. The lowest BCUT2D eigenvalue weighted by Gasteiger charge is -2.09. The van der Waals surface area contributed by atoms with E-state index in [0.717, 1.165) is 0 Å². The van der Waals surface area contributed by atoms with Crippen molar-refractivity contribution in [3.63, 3.8) is 0 Å². The first-order valence-corrected chi connectivity index (χ1v) is 5.18. The van der Waals surface area contributed by atoms with Gasteiger partial charge in [0.05, 0.1) is 5.60 Å². The van der Waals surface area contributed by atoms with Crippen molar-refractivity contribution < 1.29 is 4.74 Å². The number of benzene rings is 1. The summed E-state index contributed by atoms with van der Waals surface area (Å²) in [6, 6.07) is 4.40. The summed E-state index contributed by atoms with van der Waals surface area (Å²) < 4.78 is 5.67. The third-order valence-corrected chi connectivity index (χ3v) is 3.38. The van der Waals surface area contributed by atoms with Gasteiger partial charge in [-0.05, 0) is 56.9 Å². The Hall–Kier alpha value is -0.820. The zero-order valence-corrected chi connectivity index (χ0v) is 9.64. The molecule has 1 heteroatoms. The van der Waals surface area contributed by atoms with E-state index in [2.05, 4.69) is 46.8 Å². The van der Waals surface area contributed by atoms with Crippen molar-refractivity contribution in [2.45, 2.75) is 46.3 Å². The summed E-state index contributed by atoms with van der Waals surface area (Å²) in [6.07, 6.45) is 0.307. The van der Waals surface area contributed by atoms with Crippen molar-refractivity contribution in [2.75, 3.05) is 0 Å². The van der Waals surface area contributed by atoms with Crippen LogP contribution < -0.4 is 0 Å². The smallest absolute Gasteiger partial charge is 0.112 e. The molecule has 0 N–H and O–H groups in total. The van der Waals surface area contributed by atoms with E-state index in [0.29, 0.717) is 6.10 Å². The van der Waals surface area contributed by atoms with Crippen LogP contribution in [-0.4, -0.2) is 5.60 Å². The molecule has 0 radical (unpaired) electrons.